The Morgan fingerprint density at radius 2 is 1.93 bits per heavy atom. The third kappa shape index (κ3) is 4.35. The van der Waals surface area contributed by atoms with Gasteiger partial charge in [0, 0.05) is 5.70 Å². The van der Waals surface area contributed by atoms with Gasteiger partial charge < -0.3 is 14.8 Å². The van der Waals surface area contributed by atoms with E-state index in [1.165, 1.54) is 12.7 Å². The number of nitrogens with one attached hydrogen (secondary N) is 1. The number of anilines is 1. The SMILES string of the molecule is CCCCCOc1ccc(C2C(C(=O)OCCC)=C(C)Nc3ncnn32)cc1. The van der Waals surface area contributed by atoms with Crippen molar-refractivity contribution in [2.45, 2.75) is 52.5 Å². The smallest absolute Gasteiger partial charge is 0.338 e. The third-order valence-corrected chi connectivity index (χ3v) is 4.66. The average molecular weight is 384 g/mol. The first-order valence-electron chi connectivity index (χ1n) is 9.92. The molecule has 0 aliphatic carbocycles. The van der Waals surface area contributed by atoms with Crippen molar-refractivity contribution >= 4 is 11.9 Å². The molecule has 0 saturated heterocycles. The van der Waals surface area contributed by atoms with Gasteiger partial charge in [-0.15, -0.1) is 0 Å². The first-order valence-corrected chi connectivity index (χ1v) is 9.92. The molecule has 1 aliphatic rings. The van der Waals surface area contributed by atoms with Crippen LogP contribution in [-0.4, -0.2) is 33.9 Å². The highest BCUT2D eigenvalue weighted by atomic mass is 16.5. The van der Waals surface area contributed by atoms with E-state index in [-0.39, 0.29) is 5.97 Å². The predicted molar refractivity (Wildman–Crippen MR) is 107 cm³/mol. The lowest BCUT2D eigenvalue weighted by Gasteiger charge is -2.28. The number of carbonyl (C=O) groups is 1. The molecule has 0 spiro atoms. The van der Waals surface area contributed by atoms with E-state index in [0.717, 1.165) is 36.3 Å². The van der Waals surface area contributed by atoms with Crippen molar-refractivity contribution in [3.8, 4) is 5.75 Å². The lowest BCUT2D eigenvalue weighted by Crippen LogP contribution is -2.29. The molecule has 7 heteroatoms. The van der Waals surface area contributed by atoms with Crippen LogP contribution >= 0.6 is 0 Å². The Labute approximate surface area is 165 Å². The molecule has 2 aromatic rings. The van der Waals surface area contributed by atoms with Crippen LogP contribution in [0.3, 0.4) is 0 Å². The summed E-state index contributed by atoms with van der Waals surface area (Å²) < 4.78 is 12.9. The second-order valence-electron chi connectivity index (χ2n) is 6.85. The van der Waals surface area contributed by atoms with Crippen molar-refractivity contribution in [1.29, 1.82) is 0 Å². The van der Waals surface area contributed by atoms with Crippen LogP contribution in [0.4, 0.5) is 5.95 Å². The largest absolute Gasteiger partial charge is 0.494 e. The highest BCUT2D eigenvalue weighted by Crippen LogP contribution is 2.35. The van der Waals surface area contributed by atoms with E-state index in [1.54, 1.807) is 4.68 Å². The van der Waals surface area contributed by atoms with Crippen LogP contribution in [0, 0.1) is 0 Å². The second kappa shape index (κ2) is 9.39. The molecule has 0 amide bonds. The van der Waals surface area contributed by atoms with Crippen molar-refractivity contribution in [2.24, 2.45) is 0 Å². The minimum atomic E-state index is -0.391. The summed E-state index contributed by atoms with van der Waals surface area (Å²) in [5.74, 6) is 1.09. The maximum Gasteiger partial charge on any atom is 0.338 e. The molecule has 150 valence electrons. The molecule has 3 rings (SSSR count). The minimum Gasteiger partial charge on any atom is -0.494 e. The number of fused-ring (bicyclic) bond motifs is 1. The first-order chi connectivity index (χ1) is 13.7. The van der Waals surface area contributed by atoms with Gasteiger partial charge in [0.25, 0.3) is 0 Å². The van der Waals surface area contributed by atoms with Gasteiger partial charge in [0.2, 0.25) is 5.95 Å². The van der Waals surface area contributed by atoms with Gasteiger partial charge >= 0.3 is 5.97 Å². The summed E-state index contributed by atoms with van der Waals surface area (Å²) in [6.07, 6.45) is 5.63. The fraction of sp³-hybridized carbons (Fsp3) is 0.476. The Kier molecular flexibility index (Phi) is 6.68. The summed E-state index contributed by atoms with van der Waals surface area (Å²) in [5.41, 5.74) is 2.20. The predicted octanol–water partition coefficient (Wildman–Crippen LogP) is 4.09. The molecule has 1 aromatic carbocycles. The minimum absolute atomic E-state index is 0.335. The topological polar surface area (TPSA) is 78.3 Å². The molecule has 28 heavy (non-hydrogen) atoms. The van der Waals surface area contributed by atoms with E-state index < -0.39 is 6.04 Å². The van der Waals surface area contributed by atoms with Crippen LogP contribution in [0.25, 0.3) is 0 Å². The highest BCUT2D eigenvalue weighted by molar-refractivity contribution is 5.92. The lowest BCUT2D eigenvalue weighted by atomic mass is 9.96. The van der Waals surface area contributed by atoms with Crippen LogP contribution in [-0.2, 0) is 9.53 Å². The summed E-state index contributed by atoms with van der Waals surface area (Å²) in [5, 5.41) is 7.47. The fourth-order valence-electron chi connectivity index (χ4n) is 3.22. The molecule has 1 aliphatic heterocycles. The Bertz CT molecular complexity index is 826. The van der Waals surface area contributed by atoms with Crippen molar-refractivity contribution in [1.82, 2.24) is 14.8 Å². The Morgan fingerprint density at radius 3 is 2.64 bits per heavy atom. The number of esters is 1. The number of unbranched alkanes of at least 4 members (excludes halogenated alkanes) is 2. The number of nitrogens with zero attached hydrogens (tertiary/aromatic N) is 3. The Morgan fingerprint density at radius 1 is 1.14 bits per heavy atom. The first kappa shape index (κ1) is 19.9. The second-order valence-corrected chi connectivity index (χ2v) is 6.85. The van der Waals surface area contributed by atoms with E-state index in [9.17, 15) is 4.79 Å². The van der Waals surface area contributed by atoms with E-state index in [1.807, 2.05) is 38.1 Å². The number of ether oxygens (including phenoxy) is 2. The standard InChI is InChI=1S/C21H28N4O3/c1-4-6-7-13-27-17-10-8-16(9-11-17)19-18(20(26)28-12-5-2)15(3)24-21-22-14-23-25(19)21/h8-11,14,19H,4-7,12-13H2,1-3H3,(H,22,23,24). The molecule has 2 heterocycles. The maximum absolute atomic E-state index is 12.7. The number of rotatable bonds is 9. The summed E-state index contributed by atoms with van der Waals surface area (Å²) in [6, 6.07) is 7.42. The Balaban J connectivity index is 1.85. The number of carbonyl (C=O) groups excluding carboxylic acids is 1. The molecule has 7 nitrogen and oxygen atoms in total. The third-order valence-electron chi connectivity index (χ3n) is 4.66. The number of allylic oxidation sites excluding steroid dienone is 1. The normalized spacial score (nSPS) is 15.8. The summed E-state index contributed by atoms with van der Waals surface area (Å²) in [4.78, 5) is 17.0. The van der Waals surface area contributed by atoms with E-state index in [2.05, 4.69) is 22.3 Å². The number of hydrogen-bond acceptors (Lipinski definition) is 6. The molecule has 1 atom stereocenters. The zero-order valence-corrected chi connectivity index (χ0v) is 16.8. The molecule has 0 bridgehead atoms. The van der Waals surface area contributed by atoms with Gasteiger partial charge in [-0.05, 0) is 37.5 Å². The summed E-state index contributed by atoms with van der Waals surface area (Å²) in [7, 11) is 0. The monoisotopic (exact) mass is 384 g/mol. The fourth-order valence-corrected chi connectivity index (χ4v) is 3.22. The maximum atomic E-state index is 12.7. The quantitative estimate of drug-likeness (QED) is 0.518. The van der Waals surface area contributed by atoms with E-state index >= 15 is 0 Å². The lowest BCUT2D eigenvalue weighted by molar-refractivity contribution is -0.139. The van der Waals surface area contributed by atoms with Crippen molar-refractivity contribution < 1.29 is 14.3 Å². The van der Waals surface area contributed by atoms with E-state index in [0.29, 0.717) is 24.7 Å². The van der Waals surface area contributed by atoms with Gasteiger partial charge in [0.15, 0.2) is 0 Å². The number of hydrogen-bond donors (Lipinski definition) is 1. The molecule has 0 saturated carbocycles. The van der Waals surface area contributed by atoms with Gasteiger partial charge in [0.05, 0.1) is 18.8 Å². The molecule has 1 N–H and O–H groups in total. The van der Waals surface area contributed by atoms with Gasteiger partial charge in [-0.1, -0.05) is 38.8 Å². The number of benzene rings is 1. The van der Waals surface area contributed by atoms with Gasteiger partial charge in [-0.2, -0.15) is 10.1 Å². The average Bonchev–Trinajstić information content (AvgIpc) is 3.17. The summed E-state index contributed by atoms with van der Waals surface area (Å²) >= 11 is 0. The summed E-state index contributed by atoms with van der Waals surface area (Å²) in [6.45, 7) is 7.10. The molecule has 0 radical (unpaired) electrons. The van der Waals surface area contributed by atoms with Crippen LogP contribution in [0.1, 0.15) is 58.1 Å². The van der Waals surface area contributed by atoms with Crippen LogP contribution in [0.15, 0.2) is 41.9 Å². The number of aromatic nitrogens is 3. The highest BCUT2D eigenvalue weighted by Gasteiger charge is 2.34. The van der Waals surface area contributed by atoms with Crippen LogP contribution in [0.2, 0.25) is 0 Å². The molecule has 0 fully saturated rings. The van der Waals surface area contributed by atoms with Gasteiger partial charge in [-0.3, -0.25) is 0 Å². The van der Waals surface area contributed by atoms with Crippen molar-refractivity contribution in [2.75, 3.05) is 18.5 Å². The Hall–Kier alpha value is -2.83. The van der Waals surface area contributed by atoms with Crippen LogP contribution < -0.4 is 10.1 Å². The molecular weight excluding hydrogens is 356 g/mol. The molecular formula is C21H28N4O3. The van der Waals surface area contributed by atoms with Gasteiger partial charge in [0.1, 0.15) is 18.1 Å². The van der Waals surface area contributed by atoms with Gasteiger partial charge in [-0.25, -0.2) is 9.48 Å². The van der Waals surface area contributed by atoms with E-state index in [4.69, 9.17) is 9.47 Å². The van der Waals surface area contributed by atoms with Crippen molar-refractivity contribution in [3.63, 3.8) is 0 Å². The van der Waals surface area contributed by atoms with Crippen LogP contribution in [0.5, 0.6) is 5.75 Å². The molecule has 1 unspecified atom stereocenters. The zero-order chi connectivity index (χ0) is 19.9. The van der Waals surface area contributed by atoms with Crippen molar-refractivity contribution in [3.05, 3.63) is 47.4 Å². The molecule has 1 aromatic heterocycles. The zero-order valence-electron chi connectivity index (χ0n) is 16.8.